The number of benzene rings is 2. The van der Waals surface area contributed by atoms with Gasteiger partial charge in [-0.05, 0) is 66.8 Å². The Bertz CT molecular complexity index is 1760. The number of fused-ring (bicyclic) bond motifs is 3. The van der Waals surface area contributed by atoms with Crippen LogP contribution in [0.5, 0.6) is 11.8 Å². The summed E-state index contributed by atoms with van der Waals surface area (Å²) in [5.74, 6) is -0.297. The fourth-order valence-corrected chi connectivity index (χ4v) is 7.33. The summed E-state index contributed by atoms with van der Waals surface area (Å²) in [5, 5.41) is 11.8. The van der Waals surface area contributed by atoms with Crippen molar-refractivity contribution in [3.8, 4) is 23.0 Å². The predicted octanol–water partition coefficient (Wildman–Crippen LogP) is 5.19. The van der Waals surface area contributed by atoms with Gasteiger partial charge in [-0.25, -0.2) is 13.2 Å². The van der Waals surface area contributed by atoms with Gasteiger partial charge in [0.05, 0.1) is 17.0 Å². The van der Waals surface area contributed by atoms with E-state index in [1.165, 1.54) is 19.4 Å². The number of ether oxygens (including phenoxy) is 3. The summed E-state index contributed by atoms with van der Waals surface area (Å²) in [6, 6.07) is 6.39. The second-order valence-electron chi connectivity index (χ2n) is 12.3. The number of pyridine rings is 1. The van der Waals surface area contributed by atoms with Crippen LogP contribution in [0.2, 0.25) is 0 Å². The van der Waals surface area contributed by atoms with E-state index in [-0.39, 0.29) is 30.6 Å². The normalized spacial score (nSPS) is 23.4. The monoisotopic (exact) mass is 623 g/mol. The topological polar surface area (TPSA) is 93.1 Å². The summed E-state index contributed by atoms with van der Waals surface area (Å²) in [5.41, 5.74) is 0.316. The summed E-state index contributed by atoms with van der Waals surface area (Å²) < 4.78 is 63.3. The Labute approximate surface area is 258 Å². The predicted molar refractivity (Wildman–Crippen MR) is 163 cm³/mol. The van der Waals surface area contributed by atoms with Crippen molar-refractivity contribution in [3.05, 3.63) is 47.7 Å². The molecule has 4 aromatic rings. The summed E-state index contributed by atoms with van der Waals surface area (Å²) >= 11 is 0. The van der Waals surface area contributed by atoms with Crippen LogP contribution in [0.25, 0.3) is 32.9 Å². The van der Waals surface area contributed by atoms with E-state index >= 15 is 8.78 Å². The van der Waals surface area contributed by atoms with Gasteiger partial charge in [0.15, 0.2) is 12.6 Å². The molecule has 3 saturated heterocycles. The molecule has 0 spiro atoms. The molecular weight excluding hydrogens is 587 g/mol. The first-order valence-electron chi connectivity index (χ1n) is 15.5. The van der Waals surface area contributed by atoms with Crippen LogP contribution in [-0.2, 0) is 11.2 Å². The van der Waals surface area contributed by atoms with Gasteiger partial charge in [-0.3, -0.25) is 9.88 Å². The van der Waals surface area contributed by atoms with Gasteiger partial charge >= 0.3 is 6.01 Å². The van der Waals surface area contributed by atoms with Crippen molar-refractivity contribution in [1.29, 1.82) is 0 Å². The Morgan fingerprint density at radius 3 is 2.76 bits per heavy atom. The van der Waals surface area contributed by atoms with Gasteiger partial charge in [-0.2, -0.15) is 9.97 Å². The molecule has 45 heavy (non-hydrogen) atoms. The van der Waals surface area contributed by atoms with Gasteiger partial charge in [0.25, 0.3) is 0 Å². The first kappa shape index (κ1) is 29.9. The summed E-state index contributed by atoms with van der Waals surface area (Å²) in [6.07, 6.45) is 3.09. The first-order valence-corrected chi connectivity index (χ1v) is 15.5. The van der Waals surface area contributed by atoms with E-state index in [0.29, 0.717) is 77.7 Å². The van der Waals surface area contributed by atoms with Crippen LogP contribution >= 0.6 is 0 Å². The lowest BCUT2D eigenvalue weighted by molar-refractivity contribution is 0.0512. The van der Waals surface area contributed by atoms with E-state index in [4.69, 9.17) is 14.2 Å². The van der Waals surface area contributed by atoms with E-state index in [0.717, 1.165) is 19.4 Å². The fraction of sp³-hybridized carbons (Fsp3) is 0.485. The third-order valence-electron chi connectivity index (χ3n) is 9.43. The van der Waals surface area contributed by atoms with Crippen molar-refractivity contribution in [2.45, 2.75) is 56.8 Å². The van der Waals surface area contributed by atoms with Gasteiger partial charge in [-0.15, -0.1) is 0 Å². The summed E-state index contributed by atoms with van der Waals surface area (Å²) in [7, 11) is 1.50. The second kappa shape index (κ2) is 11.9. The van der Waals surface area contributed by atoms with Crippen LogP contribution < -0.4 is 14.4 Å². The Morgan fingerprint density at radius 1 is 1.11 bits per heavy atom. The maximum absolute atomic E-state index is 16.8. The second-order valence-corrected chi connectivity index (χ2v) is 12.3. The standard InChI is InChI=1S/C33H36F3N5O4/c1-3-23-26(35)6-5-19-11-22(45-18-43-2)12-24(27(19)23)29-28(36)30-25(14-37-29)31(40-10-7-21(42)16-40)39-32(38-30)44-17-33-8-4-9-41(33)15-20(34)13-33/h5-6,11-12,14,20-21,42H,3-4,7-10,13,15-18H2,1-2H3/t20-,21-,33+/m1/s1. The molecular formula is C33H36F3N5O4. The number of rotatable bonds is 9. The Morgan fingerprint density at radius 2 is 1.98 bits per heavy atom. The van der Waals surface area contributed by atoms with Crippen LogP contribution in [0.1, 0.15) is 38.2 Å². The third kappa shape index (κ3) is 5.32. The minimum absolute atomic E-state index is 0.0113. The van der Waals surface area contributed by atoms with Crippen molar-refractivity contribution in [2.24, 2.45) is 0 Å². The molecule has 12 heteroatoms. The molecule has 2 aromatic carbocycles. The SMILES string of the molecule is CCc1c(F)ccc2cc(OCOC)cc(-c3ncc4c(N5CC[C@@H](O)C5)nc(OC[C@@]56CCCN5C[C@H](F)C6)nc4c3F)c12. The van der Waals surface area contributed by atoms with Crippen molar-refractivity contribution in [3.63, 3.8) is 0 Å². The Kier molecular flexibility index (Phi) is 7.91. The largest absolute Gasteiger partial charge is 0.468 e. The molecule has 238 valence electrons. The van der Waals surface area contributed by atoms with Crippen LogP contribution in [0, 0.1) is 11.6 Å². The number of halogens is 3. The number of methoxy groups -OCH3 is 1. The molecule has 2 aromatic heterocycles. The zero-order chi connectivity index (χ0) is 31.3. The maximum atomic E-state index is 16.8. The zero-order valence-electron chi connectivity index (χ0n) is 25.4. The Hall–Kier alpha value is -3.74. The van der Waals surface area contributed by atoms with Crippen LogP contribution in [0.3, 0.4) is 0 Å². The lowest BCUT2D eigenvalue weighted by atomic mass is 9.94. The van der Waals surface area contributed by atoms with Crippen LogP contribution in [0.15, 0.2) is 30.5 Å². The average Bonchev–Trinajstić information content (AvgIpc) is 3.72. The van der Waals surface area contributed by atoms with E-state index < -0.39 is 29.4 Å². The van der Waals surface area contributed by atoms with Gasteiger partial charge in [0.1, 0.15) is 41.4 Å². The van der Waals surface area contributed by atoms with Gasteiger partial charge in [-0.1, -0.05) is 13.0 Å². The molecule has 3 fully saturated rings. The number of nitrogens with zero attached hydrogens (tertiary/aromatic N) is 5. The lowest BCUT2D eigenvalue weighted by Crippen LogP contribution is -2.43. The minimum atomic E-state index is -0.921. The third-order valence-corrected chi connectivity index (χ3v) is 9.43. The highest BCUT2D eigenvalue weighted by molar-refractivity contribution is 6.01. The number of aromatic nitrogens is 3. The zero-order valence-corrected chi connectivity index (χ0v) is 25.4. The number of hydrogen-bond acceptors (Lipinski definition) is 9. The summed E-state index contributed by atoms with van der Waals surface area (Å²) in [4.78, 5) is 17.8. The molecule has 5 heterocycles. The number of aliphatic hydroxyl groups excluding tert-OH is 1. The fourth-order valence-electron chi connectivity index (χ4n) is 7.33. The molecule has 0 bridgehead atoms. The average molecular weight is 624 g/mol. The van der Waals surface area contributed by atoms with Gasteiger partial charge in [0.2, 0.25) is 0 Å². The molecule has 7 rings (SSSR count). The number of aryl methyl sites for hydroxylation is 1. The molecule has 0 radical (unpaired) electrons. The molecule has 3 atom stereocenters. The van der Waals surface area contributed by atoms with Crippen molar-refractivity contribution >= 4 is 27.5 Å². The van der Waals surface area contributed by atoms with Crippen molar-refractivity contribution in [2.75, 3.05) is 51.6 Å². The highest BCUT2D eigenvalue weighted by Crippen LogP contribution is 2.42. The molecule has 1 N–H and O–H groups in total. The van der Waals surface area contributed by atoms with Crippen LogP contribution in [-0.4, -0.2) is 89.5 Å². The van der Waals surface area contributed by atoms with E-state index in [1.807, 2.05) is 11.8 Å². The first-order chi connectivity index (χ1) is 21.8. The molecule has 0 amide bonds. The summed E-state index contributed by atoms with van der Waals surface area (Å²) in [6.45, 7) is 4.02. The lowest BCUT2D eigenvalue weighted by Gasteiger charge is -2.31. The van der Waals surface area contributed by atoms with E-state index in [2.05, 4.69) is 19.9 Å². The van der Waals surface area contributed by atoms with E-state index in [9.17, 15) is 9.50 Å². The smallest absolute Gasteiger partial charge is 0.319 e. The Balaban J connectivity index is 1.37. The highest BCUT2D eigenvalue weighted by atomic mass is 19.1. The highest BCUT2D eigenvalue weighted by Gasteiger charge is 2.49. The van der Waals surface area contributed by atoms with Crippen molar-refractivity contribution in [1.82, 2.24) is 19.9 Å². The molecule has 0 aliphatic carbocycles. The molecule has 0 unspecified atom stereocenters. The quantitative estimate of drug-likeness (QED) is 0.253. The molecule has 3 aliphatic rings. The molecule has 0 saturated carbocycles. The number of alkyl halides is 1. The van der Waals surface area contributed by atoms with Gasteiger partial charge < -0.3 is 24.2 Å². The van der Waals surface area contributed by atoms with E-state index in [1.54, 1.807) is 18.2 Å². The minimum Gasteiger partial charge on any atom is -0.468 e. The maximum Gasteiger partial charge on any atom is 0.319 e. The van der Waals surface area contributed by atoms with Crippen molar-refractivity contribution < 1.29 is 32.5 Å². The number of β-amino-alcohol motifs (C(OH)–C–C–N with tert-alkyl or cyclic N) is 1. The van der Waals surface area contributed by atoms with Gasteiger partial charge in [0, 0.05) is 44.9 Å². The van der Waals surface area contributed by atoms with Crippen LogP contribution in [0.4, 0.5) is 19.0 Å². The molecule has 3 aliphatic heterocycles. The number of hydrogen-bond donors (Lipinski definition) is 1. The number of anilines is 1. The molecule has 9 nitrogen and oxygen atoms in total. The number of aliphatic hydroxyl groups is 1.